The van der Waals surface area contributed by atoms with Crippen LogP contribution in [-0.2, 0) is 14.8 Å². The second-order valence-corrected chi connectivity index (χ2v) is 7.89. The number of benzene rings is 2. The topological polar surface area (TPSA) is 78.8 Å². The van der Waals surface area contributed by atoms with Gasteiger partial charge >= 0.3 is 0 Å². The van der Waals surface area contributed by atoms with Gasteiger partial charge in [-0.2, -0.15) is 5.10 Å². The van der Waals surface area contributed by atoms with E-state index in [1.54, 1.807) is 36.4 Å². The van der Waals surface area contributed by atoms with Crippen LogP contribution >= 0.6 is 0 Å². The van der Waals surface area contributed by atoms with E-state index in [4.69, 9.17) is 0 Å². The van der Waals surface area contributed by atoms with Crippen molar-refractivity contribution >= 4 is 27.3 Å². The number of hydrazone groups is 1. The maximum atomic E-state index is 13.6. The summed E-state index contributed by atoms with van der Waals surface area (Å²) in [6.45, 7) is 1.40. The highest BCUT2D eigenvalue weighted by molar-refractivity contribution is 7.92. The van der Waals surface area contributed by atoms with Crippen LogP contribution in [-0.4, -0.2) is 31.3 Å². The summed E-state index contributed by atoms with van der Waals surface area (Å²) in [6, 6.07) is 12.5. The van der Waals surface area contributed by atoms with Crippen molar-refractivity contribution in [3.63, 3.8) is 0 Å². The molecule has 136 valence electrons. The molecular weight excluding hydrogens is 357 g/mol. The van der Waals surface area contributed by atoms with Gasteiger partial charge in [0.25, 0.3) is 0 Å². The maximum Gasteiger partial charge on any atom is 0.240 e. The lowest BCUT2D eigenvalue weighted by atomic mass is 9.98. The zero-order valence-corrected chi connectivity index (χ0v) is 15.1. The van der Waals surface area contributed by atoms with Crippen molar-refractivity contribution < 1.29 is 17.6 Å². The zero-order chi connectivity index (χ0) is 18.9. The van der Waals surface area contributed by atoms with Crippen LogP contribution in [0.1, 0.15) is 30.5 Å². The number of carbonyl (C=O) groups excluding carboxylic acids is 1. The molecule has 26 heavy (non-hydrogen) atoms. The van der Waals surface area contributed by atoms with E-state index in [0.29, 0.717) is 28.9 Å². The molecular formula is C18H18FN3O3S. The minimum atomic E-state index is -3.40. The van der Waals surface area contributed by atoms with Crippen LogP contribution in [0.15, 0.2) is 53.6 Å². The number of halogens is 1. The number of nitrogens with zero attached hydrogens (tertiary/aromatic N) is 2. The quantitative estimate of drug-likeness (QED) is 0.892. The third-order valence-electron chi connectivity index (χ3n) is 3.97. The van der Waals surface area contributed by atoms with E-state index in [1.165, 1.54) is 24.1 Å². The van der Waals surface area contributed by atoms with Crippen molar-refractivity contribution in [3.8, 4) is 0 Å². The molecule has 0 aromatic heterocycles. The first-order chi connectivity index (χ1) is 12.2. The normalized spacial score (nSPS) is 17.1. The molecule has 1 unspecified atom stereocenters. The first-order valence-electron chi connectivity index (χ1n) is 7.94. The molecule has 8 heteroatoms. The lowest BCUT2D eigenvalue weighted by molar-refractivity contribution is -0.130. The summed E-state index contributed by atoms with van der Waals surface area (Å²) >= 11 is 0. The number of hydrogen-bond acceptors (Lipinski definition) is 4. The molecule has 2 aromatic rings. The zero-order valence-electron chi connectivity index (χ0n) is 14.3. The average Bonchev–Trinajstić information content (AvgIpc) is 2.99. The molecule has 0 aliphatic carbocycles. The Morgan fingerprint density at radius 1 is 1.23 bits per heavy atom. The molecule has 0 saturated heterocycles. The van der Waals surface area contributed by atoms with E-state index in [9.17, 15) is 17.6 Å². The minimum Gasteiger partial charge on any atom is -0.284 e. The summed E-state index contributed by atoms with van der Waals surface area (Å²) in [7, 11) is -3.40. The van der Waals surface area contributed by atoms with Gasteiger partial charge in [-0.15, -0.1) is 0 Å². The van der Waals surface area contributed by atoms with Gasteiger partial charge in [0.15, 0.2) is 0 Å². The lowest BCUT2D eigenvalue weighted by Gasteiger charge is -2.20. The third-order valence-corrected chi connectivity index (χ3v) is 4.57. The fourth-order valence-electron chi connectivity index (χ4n) is 2.92. The molecule has 1 aliphatic heterocycles. The first kappa shape index (κ1) is 18.1. The molecule has 0 fully saturated rings. The van der Waals surface area contributed by atoms with E-state index in [2.05, 4.69) is 9.82 Å². The van der Waals surface area contributed by atoms with Crippen LogP contribution in [0.25, 0.3) is 0 Å². The van der Waals surface area contributed by atoms with Crippen LogP contribution in [0.3, 0.4) is 0 Å². The number of sulfonamides is 1. The van der Waals surface area contributed by atoms with Crippen LogP contribution in [0.5, 0.6) is 0 Å². The van der Waals surface area contributed by atoms with E-state index < -0.39 is 16.1 Å². The molecule has 1 amide bonds. The van der Waals surface area contributed by atoms with E-state index in [0.717, 1.165) is 6.26 Å². The highest BCUT2D eigenvalue weighted by Crippen LogP contribution is 2.33. The molecule has 6 nitrogen and oxygen atoms in total. The number of rotatable bonds is 4. The molecule has 0 bridgehead atoms. The molecule has 1 heterocycles. The van der Waals surface area contributed by atoms with Gasteiger partial charge in [-0.05, 0) is 35.4 Å². The Hall–Kier alpha value is -2.74. The number of nitrogens with one attached hydrogen (secondary N) is 1. The van der Waals surface area contributed by atoms with Crippen LogP contribution in [0.2, 0.25) is 0 Å². The highest BCUT2D eigenvalue weighted by atomic mass is 32.2. The Bertz CT molecular complexity index is 989. The van der Waals surface area contributed by atoms with Crippen LogP contribution in [0.4, 0.5) is 10.1 Å². The van der Waals surface area contributed by atoms with Crippen molar-refractivity contribution in [2.45, 2.75) is 19.4 Å². The monoisotopic (exact) mass is 375 g/mol. The summed E-state index contributed by atoms with van der Waals surface area (Å²) in [5.41, 5.74) is 2.40. The molecule has 1 N–H and O–H groups in total. The van der Waals surface area contributed by atoms with Gasteiger partial charge in [0.05, 0.1) is 18.0 Å². The fraction of sp³-hybridized carbons (Fsp3) is 0.222. The number of carbonyl (C=O) groups is 1. The van der Waals surface area contributed by atoms with E-state index >= 15 is 0 Å². The molecule has 2 aromatic carbocycles. The SMILES string of the molecule is CC(=O)N1N=C(c2cccc(NS(C)(=O)=O)c2)CC1c1cccc(F)c1. The second kappa shape index (κ2) is 6.87. The fourth-order valence-corrected chi connectivity index (χ4v) is 3.48. The van der Waals surface area contributed by atoms with E-state index in [1.807, 2.05) is 0 Å². The molecule has 0 saturated carbocycles. The van der Waals surface area contributed by atoms with Crippen molar-refractivity contribution in [1.82, 2.24) is 5.01 Å². The Kier molecular flexibility index (Phi) is 4.78. The van der Waals surface area contributed by atoms with Gasteiger partial charge in [0, 0.05) is 19.0 Å². The number of anilines is 1. The largest absolute Gasteiger partial charge is 0.284 e. The van der Waals surface area contributed by atoms with E-state index in [-0.39, 0.29) is 11.7 Å². The molecule has 1 atom stereocenters. The standard InChI is InChI=1S/C18H18FN3O3S/c1-12(23)22-18(14-6-3-7-15(19)9-14)11-17(20-22)13-5-4-8-16(10-13)21-26(2,24)25/h3-10,18,21H,11H2,1-2H3. The summed E-state index contributed by atoms with van der Waals surface area (Å²) in [5, 5.41) is 5.72. The number of hydrogen-bond donors (Lipinski definition) is 1. The van der Waals surface area contributed by atoms with Crippen molar-refractivity contribution in [2.75, 3.05) is 11.0 Å². The van der Waals surface area contributed by atoms with Crippen LogP contribution in [0, 0.1) is 5.82 Å². The lowest BCUT2D eigenvalue weighted by Crippen LogP contribution is -2.24. The molecule has 0 radical (unpaired) electrons. The predicted molar refractivity (Wildman–Crippen MR) is 97.7 cm³/mol. The summed E-state index contributed by atoms with van der Waals surface area (Å²) in [6.07, 6.45) is 1.48. The van der Waals surface area contributed by atoms with Gasteiger partial charge in [0.1, 0.15) is 5.82 Å². The van der Waals surface area contributed by atoms with Gasteiger partial charge in [-0.1, -0.05) is 24.3 Å². The first-order valence-corrected chi connectivity index (χ1v) is 9.83. The van der Waals surface area contributed by atoms with Crippen molar-refractivity contribution in [3.05, 3.63) is 65.5 Å². The summed E-state index contributed by atoms with van der Waals surface area (Å²) in [5.74, 6) is -0.626. The summed E-state index contributed by atoms with van der Waals surface area (Å²) in [4.78, 5) is 12.0. The van der Waals surface area contributed by atoms with Gasteiger partial charge in [0.2, 0.25) is 15.9 Å². The maximum absolute atomic E-state index is 13.6. The Labute approximate surface area is 151 Å². The van der Waals surface area contributed by atoms with Gasteiger partial charge < -0.3 is 0 Å². The summed E-state index contributed by atoms with van der Waals surface area (Å²) < 4.78 is 38.8. The van der Waals surface area contributed by atoms with Crippen LogP contribution < -0.4 is 4.72 Å². The molecule has 1 aliphatic rings. The highest BCUT2D eigenvalue weighted by Gasteiger charge is 2.31. The predicted octanol–water partition coefficient (Wildman–Crippen LogP) is 2.89. The van der Waals surface area contributed by atoms with Crippen molar-refractivity contribution in [2.24, 2.45) is 5.10 Å². The minimum absolute atomic E-state index is 0.250. The Morgan fingerprint density at radius 3 is 2.62 bits per heavy atom. The Morgan fingerprint density at radius 2 is 1.96 bits per heavy atom. The molecule has 3 rings (SSSR count). The smallest absolute Gasteiger partial charge is 0.240 e. The number of amides is 1. The third kappa shape index (κ3) is 4.08. The Balaban J connectivity index is 1.93. The van der Waals surface area contributed by atoms with Crippen molar-refractivity contribution in [1.29, 1.82) is 0 Å². The van der Waals surface area contributed by atoms with Gasteiger partial charge in [-0.3, -0.25) is 9.52 Å². The molecule has 0 spiro atoms. The average molecular weight is 375 g/mol. The second-order valence-electron chi connectivity index (χ2n) is 6.14. The van der Waals surface area contributed by atoms with Gasteiger partial charge in [-0.25, -0.2) is 17.8 Å².